The van der Waals surface area contributed by atoms with E-state index >= 15 is 0 Å². The first-order valence-electron chi connectivity index (χ1n) is 6.57. The van der Waals surface area contributed by atoms with Gasteiger partial charge in [-0.25, -0.2) is 8.42 Å². The molecule has 0 aliphatic heterocycles. The van der Waals surface area contributed by atoms with Gasteiger partial charge in [-0.1, -0.05) is 6.07 Å². The summed E-state index contributed by atoms with van der Waals surface area (Å²) >= 11 is 11.0. The van der Waals surface area contributed by atoms with Gasteiger partial charge in [0.25, 0.3) is 0 Å². The van der Waals surface area contributed by atoms with Crippen molar-refractivity contribution in [2.75, 3.05) is 19.1 Å². The Morgan fingerprint density at radius 3 is 2.57 bits per heavy atom. The number of hydrogen-bond acceptors (Lipinski definition) is 3. The summed E-state index contributed by atoms with van der Waals surface area (Å²) in [5.74, 6) is 1.23. The van der Waals surface area contributed by atoms with Crippen LogP contribution in [0.5, 0.6) is 0 Å². The molecule has 1 aromatic rings. The summed E-state index contributed by atoms with van der Waals surface area (Å²) in [5, 5.41) is 0. The molecule has 0 saturated carbocycles. The Hall–Kier alpha value is 0.250. The molecule has 21 heavy (non-hydrogen) atoms. The molecule has 0 N–H and O–H groups in total. The van der Waals surface area contributed by atoms with Crippen LogP contribution < -0.4 is 0 Å². The lowest BCUT2D eigenvalue weighted by molar-refractivity contribution is 0.382. The Balaban J connectivity index is 3.21. The third-order valence-corrected chi connectivity index (χ3v) is 7.72. The van der Waals surface area contributed by atoms with E-state index in [1.807, 2.05) is 26.2 Å². The van der Waals surface area contributed by atoms with E-state index in [0.717, 1.165) is 23.3 Å². The standard InChI is InChI=1S/C14H21BrClNO2S2/c1-10-7-12(9-16)8-13(14(10)15)21(18,19)17(3)11(2)5-6-20-4/h7-8,11H,5-6,9H2,1-4H3. The number of sulfonamides is 1. The van der Waals surface area contributed by atoms with Crippen LogP contribution in [0.2, 0.25) is 0 Å². The quantitative estimate of drug-likeness (QED) is 0.626. The molecule has 0 aliphatic rings. The van der Waals surface area contributed by atoms with Crippen molar-refractivity contribution in [1.29, 1.82) is 0 Å². The molecule has 120 valence electrons. The predicted octanol–water partition coefficient (Wildman–Crippen LogP) is 4.26. The van der Waals surface area contributed by atoms with Gasteiger partial charge in [-0.15, -0.1) is 11.6 Å². The highest BCUT2D eigenvalue weighted by atomic mass is 79.9. The molecule has 3 nitrogen and oxygen atoms in total. The molecule has 1 rings (SSSR count). The molecular weight excluding hydrogens is 394 g/mol. The first-order valence-corrected chi connectivity index (χ1v) is 10.7. The first kappa shape index (κ1) is 19.3. The lowest BCUT2D eigenvalue weighted by Crippen LogP contribution is -2.35. The van der Waals surface area contributed by atoms with Crippen LogP contribution in [-0.4, -0.2) is 37.8 Å². The van der Waals surface area contributed by atoms with Crippen molar-refractivity contribution in [3.63, 3.8) is 0 Å². The predicted molar refractivity (Wildman–Crippen MR) is 95.8 cm³/mol. The van der Waals surface area contributed by atoms with Gasteiger partial charge in [0.15, 0.2) is 0 Å². The maximum atomic E-state index is 12.8. The largest absolute Gasteiger partial charge is 0.244 e. The Bertz CT molecular complexity index is 593. The van der Waals surface area contributed by atoms with E-state index in [1.54, 1.807) is 24.9 Å². The summed E-state index contributed by atoms with van der Waals surface area (Å²) in [6.07, 6.45) is 2.84. The highest BCUT2D eigenvalue weighted by Gasteiger charge is 2.28. The molecule has 7 heteroatoms. The number of alkyl halides is 1. The molecule has 0 spiro atoms. The molecule has 0 heterocycles. The molecule has 1 atom stereocenters. The molecule has 0 amide bonds. The number of rotatable bonds is 7. The van der Waals surface area contributed by atoms with E-state index in [4.69, 9.17) is 11.6 Å². The Kier molecular flexibility index (Phi) is 7.54. The Morgan fingerprint density at radius 1 is 1.43 bits per heavy atom. The number of thioether (sulfide) groups is 1. The number of nitrogens with zero attached hydrogens (tertiary/aromatic N) is 1. The van der Waals surface area contributed by atoms with Gasteiger partial charge >= 0.3 is 0 Å². The fraction of sp³-hybridized carbons (Fsp3) is 0.571. The van der Waals surface area contributed by atoms with E-state index < -0.39 is 10.0 Å². The van der Waals surface area contributed by atoms with E-state index in [0.29, 0.717) is 10.4 Å². The fourth-order valence-corrected chi connectivity index (χ4v) is 5.09. The monoisotopic (exact) mass is 413 g/mol. The van der Waals surface area contributed by atoms with Gasteiger partial charge in [-0.2, -0.15) is 16.1 Å². The summed E-state index contributed by atoms with van der Waals surface area (Å²) in [5.41, 5.74) is 1.68. The number of hydrogen-bond donors (Lipinski definition) is 0. The van der Waals surface area contributed by atoms with Crippen LogP contribution in [0.1, 0.15) is 24.5 Å². The molecule has 1 unspecified atom stereocenters. The number of benzene rings is 1. The van der Waals surface area contributed by atoms with Crippen LogP contribution in [0.3, 0.4) is 0 Å². The van der Waals surface area contributed by atoms with Gasteiger partial charge in [0.05, 0.1) is 4.90 Å². The topological polar surface area (TPSA) is 37.4 Å². The molecular formula is C14H21BrClNO2S2. The van der Waals surface area contributed by atoms with Crippen LogP contribution in [0.15, 0.2) is 21.5 Å². The van der Waals surface area contributed by atoms with Crippen molar-refractivity contribution in [2.24, 2.45) is 0 Å². The Morgan fingerprint density at radius 2 is 2.05 bits per heavy atom. The summed E-state index contributed by atoms with van der Waals surface area (Å²) in [7, 11) is -1.90. The van der Waals surface area contributed by atoms with Gasteiger partial charge in [-0.3, -0.25) is 0 Å². The van der Waals surface area contributed by atoms with Crippen molar-refractivity contribution in [3.05, 3.63) is 27.7 Å². The van der Waals surface area contributed by atoms with Crippen molar-refractivity contribution in [3.8, 4) is 0 Å². The van der Waals surface area contributed by atoms with Crippen LogP contribution in [-0.2, 0) is 15.9 Å². The highest BCUT2D eigenvalue weighted by Crippen LogP contribution is 2.30. The van der Waals surface area contributed by atoms with E-state index in [9.17, 15) is 8.42 Å². The maximum absolute atomic E-state index is 12.8. The second-order valence-electron chi connectivity index (χ2n) is 5.01. The zero-order valence-corrected chi connectivity index (χ0v) is 16.7. The minimum absolute atomic E-state index is 0.0469. The van der Waals surface area contributed by atoms with Gasteiger partial charge in [0.2, 0.25) is 10.0 Å². The average molecular weight is 415 g/mol. The third kappa shape index (κ3) is 4.61. The molecule has 0 fully saturated rings. The molecule has 0 saturated heterocycles. The minimum atomic E-state index is -3.54. The van der Waals surface area contributed by atoms with Crippen LogP contribution >= 0.6 is 39.3 Å². The number of halogens is 2. The SMILES string of the molecule is CSCCC(C)N(C)S(=O)(=O)c1cc(CCl)cc(C)c1Br. The van der Waals surface area contributed by atoms with E-state index in [-0.39, 0.29) is 10.9 Å². The van der Waals surface area contributed by atoms with Gasteiger partial charge in [0.1, 0.15) is 0 Å². The van der Waals surface area contributed by atoms with Gasteiger partial charge in [0, 0.05) is 23.4 Å². The normalized spacial score (nSPS) is 13.7. The second kappa shape index (κ2) is 8.20. The maximum Gasteiger partial charge on any atom is 0.244 e. The fourth-order valence-electron chi connectivity index (χ4n) is 1.94. The van der Waals surface area contributed by atoms with Crippen molar-refractivity contribution >= 4 is 49.3 Å². The summed E-state index contributed by atoms with van der Waals surface area (Å²) in [6, 6.07) is 3.50. The summed E-state index contributed by atoms with van der Waals surface area (Å²) < 4.78 is 27.7. The second-order valence-corrected chi connectivity index (χ2v) is 9.02. The molecule has 0 aliphatic carbocycles. The average Bonchev–Trinajstić information content (AvgIpc) is 2.46. The first-order chi connectivity index (χ1) is 9.75. The van der Waals surface area contributed by atoms with Gasteiger partial charge < -0.3 is 0 Å². The third-order valence-electron chi connectivity index (χ3n) is 3.45. The molecule has 0 radical (unpaired) electrons. The molecule has 1 aromatic carbocycles. The highest BCUT2D eigenvalue weighted by molar-refractivity contribution is 9.10. The minimum Gasteiger partial charge on any atom is -0.207 e. The summed E-state index contributed by atoms with van der Waals surface area (Å²) in [4.78, 5) is 0.289. The molecule has 0 aromatic heterocycles. The smallest absolute Gasteiger partial charge is 0.207 e. The van der Waals surface area contributed by atoms with Crippen molar-refractivity contribution in [2.45, 2.75) is 37.1 Å². The van der Waals surface area contributed by atoms with Crippen LogP contribution in [0.25, 0.3) is 0 Å². The lowest BCUT2D eigenvalue weighted by Gasteiger charge is -2.25. The zero-order chi connectivity index (χ0) is 16.2. The molecule has 0 bridgehead atoms. The zero-order valence-electron chi connectivity index (χ0n) is 12.7. The Labute approximate surface area is 145 Å². The van der Waals surface area contributed by atoms with Crippen molar-refractivity contribution in [1.82, 2.24) is 4.31 Å². The van der Waals surface area contributed by atoms with Crippen LogP contribution in [0, 0.1) is 6.92 Å². The lowest BCUT2D eigenvalue weighted by atomic mass is 10.2. The van der Waals surface area contributed by atoms with E-state index in [2.05, 4.69) is 15.9 Å². The number of aryl methyl sites for hydroxylation is 1. The van der Waals surface area contributed by atoms with Crippen LogP contribution in [0.4, 0.5) is 0 Å². The summed E-state index contributed by atoms with van der Waals surface area (Å²) in [6.45, 7) is 3.80. The van der Waals surface area contributed by atoms with E-state index in [1.165, 1.54) is 4.31 Å². The van der Waals surface area contributed by atoms with Crippen molar-refractivity contribution < 1.29 is 8.42 Å². The van der Waals surface area contributed by atoms with Gasteiger partial charge in [-0.05, 0) is 65.4 Å².